The molecule has 0 radical (unpaired) electrons. The van der Waals surface area contributed by atoms with Gasteiger partial charge in [-0.25, -0.2) is 0 Å². The van der Waals surface area contributed by atoms with E-state index in [-0.39, 0.29) is 6.61 Å². The smallest absolute Gasteiger partial charge is 0.326 e. The largest absolute Gasteiger partial charge is 0.480 e. The SMILES string of the molecule is C=CCO.CCC(O)C(C)(C(=O)O)N(C)C. The maximum Gasteiger partial charge on any atom is 0.326 e. The Balaban J connectivity index is 0. The average Bonchev–Trinajstić information content (AvgIpc) is 2.26. The molecule has 0 aromatic rings. The number of carbonyl (C=O) groups is 1. The second-order valence-corrected chi connectivity index (χ2v) is 3.74. The lowest BCUT2D eigenvalue weighted by Gasteiger charge is -2.35. The van der Waals surface area contributed by atoms with Crippen LogP contribution in [0.2, 0.25) is 0 Å². The topological polar surface area (TPSA) is 81.0 Å². The van der Waals surface area contributed by atoms with Crippen LogP contribution >= 0.6 is 0 Å². The molecule has 0 spiro atoms. The van der Waals surface area contributed by atoms with Gasteiger partial charge in [-0.3, -0.25) is 9.69 Å². The number of likely N-dealkylation sites (N-methyl/N-ethyl adjacent to an activating group) is 1. The van der Waals surface area contributed by atoms with E-state index in [9.17, 15) is 9.90 Å². The Morgan fingerprint density at radius 3 is 2.00 bits per heavy atom. The van der Waals surface area contributed by atoms with Crippen molar-refractivity contribution in [3.8, 4) is 0 Å². The number of aliphatic hydroxyl groups is 2. The van der Waals surface area contributed by atoms with Crippen LogP contribution in [0.5, 0.6) is 0 Å². The quantitative estimate of drug-likeness (QED) is 0.596. The van der Waals surface area contributed by atoms with Gasteiger partial charge in [-0.1, -0.05) is 13.0 Å². The van der Waals surface area contributed by atoms with Crippen molar-refractivity contribution in [3.05, 3.63) is 12.7 Å². The third-order valence-corrected chi connectivity index (χ3v) is 2.53. The van der Waals surface area contributed by atoms with Crippen molar-refractivity contribution < 1.29 is 20.1 Å². The first-order valence-electron chi connectivity index (χ1n) is 5.09. The van der Waals surface area contributed by atoms with Gasteiger partial charge >= 0.3 is 5.97 Å². The number of carboxylic acid groups (broad SMARTS) is 1. The summed E-state index contributed by atoms with van der Waals surface area (Å²) in [6, 6.07) is 0. The molecule has 0 rings (SSSR count). The van der Waals surface area contributed by atoms with Gasteiger partial charge in [-0.15, -0.1) is 6.58 Å². The van der Waals surface area contributed by atoms with Gasteiger partial charge in [0.2, 0.25) is 0 Å². The van der Waals surface area contributed by atoms with Gasteiger partial charge in [0.1, 0.15) is 5.54 Å². The van der Waals surface area contributed by atoms with Gasteiger partial charge in [-0.05, 0) is 27.4 Å². The Hall–Kier alpha value is -0.910. The van der Waals surface area contributed by atoms with Crippen LogP contribution in [0.25, 0.3) is 0 Å². The first kappa shape index (κ1) is 17.5. The zero-order valence-electron chi connectivity index (χ0n) is 10.5. The van der Waals surface area contributed by atoms with E-state index in [1.165, 1.54) is 17.9 Å². The molecule has 96 valence electrons. The Kier molecular flexibility index (Phi) is 9.03. The lowest BCUT2D eigenvalue weighted by Crippen LogP contribution is -2.56. The summed E-state index contributed by atoms with van der Waals surface area (Å²) in [5, 5.41) is 26.2. The summed E-state index contributed by atoms with van der Waals surface area (Å²) in [6.07, 6.45) is 1.02. The predicted octanol–water partition coefficient (Wildman–Crippen LogP) is 0.327. The highest BCUT2D eigenvalue weighted by molar-refractivity contribution is 5.79. The summed E-state index contributed by atoms with van der Waals surface area (Å²) in [6.45, 7) is 6.59. The molecule has 2 unspecified atom stereocenters. The lowest BCUT2D eigenvalue weighted by atomic mass is 9.92. The summed E-state index contributed by atoms with van der Waals surface area (Å²) in [7, 11) is 3.29. The van der Waals surface area contributed by atoms with Crippen molar-refractivity contribution in [3.63, 3.8) is 0 Å². The fourth-order valence-corrected chi connectivity index (χ4v) is 1.03. The van der Waals surface area contributed by atoms with E-state index in [0.29, 0.717) is 6.42 Å². The van der Waals surface area contributed by atoms with Gasteiger partial charge in [0.25, 0.3) is 0 Å². The first-order chi connectivity index (χ1) is 7.28. The molecule has 3 N–H and O–H groups in total. The Bertz CT molecular complexity index is 218. The van der Waals surface area contributed by atoms with Gasteiger partial charge in [-0.2, -0.15) is 0 Å². The highest BCUT2D eigenvalue weighted by Gasteiger charge is 2.41. The Labute approximate surface area is 97.0 Å². The highest BCUT2D eigenvalue weighted by atomic mass is 16.4. The van der Waals surface area contributed by atoms with Gasteiger partial charge in [0.05, 0.1) is 12.7 Å². The fourth-order valence-electron chi connectivity index (χ4n) is 1.03. The number of aliphatic carboxylic acids is 1. The number of hydrogen-bond acceptors (Lipinski definition) is 4. The molecule has 0 heterocycles. The molecule has 0 fully saturated rings. The molecule has 0 saturated heterocycles. The van der Waals surface area contributed by atoms with E-state index in [1.54, 1.807) is 21.0 Å². The number of nitrogens with zero attached hydrogens (tertiary/aromatic N) is 1. The third-order valence-electron chi connectivity index (χ3n) is 2.53. The van der Waals surface area contributed by atoms with E-state index >= 15 is 0 Å². The van der Waals surface area contributed by atoms with Crippen molar-refractivity contribution in [2.24, 2.45) is 0 Å². The maximum absolute atomic E-state index is 10.9. The van der Waals surface area contributed by atoms with Crippen molar-refractivity contribution in [1.82, 2.24) is 4.90 Å². The van der Waals surface area contributed by atoms with Gasteiger partial charge in [0, 0.05) is 0 Å². The molecule has 5 heteroatoms. The molecule has 0 aromatic heterocycles. The molecule has 0 aliphatic heterocycles. The normalized spacial score (nSPS) is 15.7. The molecular weight excluding hydrogens is 210 g/mol. The molecule has 0 saturated carbocycles. The zero-order valence-corrected chi connectivity index (χ0v) is 10.5. The van der Waals surface area contributed by atoms with Crippen LogP contribution in [0.1, 0.15) is 20.3 Å². The molecule has 0 aliphatic rings. The van der Waals surface area contributed by atoms with E-state index in [2.05, 4.69) is 6.58 Å². The van der Waals surface area contributed by atoms with Crippen LogP contribution in [-0.4, -0.2) is 58.5 Å². The van der Waals surface area contributed by atoms with Gasteiger partial charge in [0.15, 0.2) is 0 Å². The van der Waals surface area contributed by atoms with Gasteiger partial charge < -0.3 is 15.3 Å². The van der Waals surface area contributed by atoms with Crippen LogP contribution < -0.4 is 0 Å². The molecule has 0 bridgehead atoms. The van der Waals surface area contributed by atoms with Crippen LogP contribution in [0.4, 0.5) is 0 Å². The number of hydrogen-bond donors (Lipinski definition) is 3. The summed E-state index contributed by atoms with van der Waals surface area (Å²) < 4.78 is 0. The standard InChI is InChI=1S/C8H17NO3.C3H6O/c1-5-6(10)8(2,7(11)12)9(3)4;1-2-3-4/h6,10H,5H2,1-4H3,(H,11,12);2,4H,1,3H2. The third kappa shape index (κ3) is 4.74. The Morgan fingerprint density at radius 2 is 1.94 bits per heavy atom. The Morgan fingerprint density at radius 1 is 1.56 bits per heavy atom. The van der Waals surface area contributed by atoms with E-state index in [1.807, 2.05) is 0 Å². The second kappa shape index (κ2) is 8.27. The molecule has 5 nitrogen and oxygen atoms in total. The summed E-state index contributed by atoms with van der Waals surface area (Å²) >= 11 is 0. The minimum Gasteiger partial charge on any atom is -0.480 e. The molecule has 0 aromatic carbocycles. The minimum atomic E-state index is -1.19. The predicted molar refractivity (Wildman–Crippen MR) is 63.3 cm³/mol. The number of rotatable bonds is 5. The minimum absolute atomic E-state index is 0.0833. The van der Waals surface area contributed by atoms with E-state index < -0.39 is 17.6 Å². The lowest BCUT2D eigenvalue weighted by molar-refractivity contribution is -0.156. The highest BCUT2D eigenvalue weighted by Crippen LogP contribution is 2.19. The zero-order chi connectivity index (χ0) is 13.4. The number of aliphatic hydroxyl groups excluding tert-OH is 2. The molecular formula is C11H23NO4. The summed E-state index contributed by atoms with van der Waals surface area (Å²) in [5.41, 5.74) is -1.19. The number of carboxylic acids is 1. The molecule has 16 heavy (non-hydrogen) atoms. The summed E-state index contributed by atoms with van der Waals surface area (Å²) in [4.78, 5) is 12.4. The molecule has 0 amide bonds. The summed E-state index contributed by atoms with van der Waals surface area (Å²) in [5.74, 6) is -0.998. The van der Waals surface area contributed by atoms with Crippen molar-refractivity contribution >= 4 is 5.97 Å². The average molecular weight is 233 g/mol. The first-order valence-corrected chi connectivity index (χ1v) is 5.09. The second-order valence-electron chi connectivity index (χ2n) is 3.74. The fraction of sp³-hybridized carbons (Fsp3) is 0.727. The van der Waals surface area contributed by atoms with Crippen molar-refractivity contribution in [2.75, 3.05) is 20.7 Å². The van der Waals surface area contributed by atoms with Crippen LogP contribution in [0.3, 0.4) is 0 Å². The monoisotopic (exact) mass is 233 g/mol. The van der Waals surface area contributed by atoms with Crippen LogP contribution in [0, 0.1) is 0 Å². The molecule has 2 atom stereocenters. The van der Waals surface area contributed by atoms with Crippen LogP contribution in [0.15, 0.2) is 12.7 Å². The van der Waals surface area contributed by atoms with Crippen LogP contribution in [-0.2, 0) is 4.79 Å². The van der Waals surface area contributed by atoms with Crippen molar-refractivity contribution in [1.29, 1.82) is 0 Å². The maximum atomic E-state index is 10.9. The van der Waals surface area contributed by atoms with E-state index in [0.717, 1.165) is 0 Å². The molecule has 0 aliphatic carbocycles. The van der Waals surface area contributed by atoms with E-state index in [4.69, 9.17) is 10.2 Å². The van der Waals surface area contributed by atoms with Crippen molar-refractivity contribution in [2.45, 2.75) is 31.9 Å².